The number of aromatic nitrogens is 1. The summed E-state index contributed by atoms with van der Waals surface area (Å²) in [5.74, 6) is -0.731. The Bertz CT molecular complexity index is 588. The first-order chi connectivity index (χ1) is 9.09. The van der Waals surface area contributed by atoms with Crippen LogP contribution in [0.2, 0.25) is 0 Å². The number of pyridine rings is 1. The number of ether oxygens (including phenoxy) is 1. The van der Waals surface area contributed by atoms with Gasteiger partial charge in [-0.15, -0.1) is 0 Å². The van der Waals surface area contributed by atoms with Gasteiger partial charge in [-0.1, -0.05) is 12.1 Å². The van der Waals surface area contributed by atoms with Crippen LogP contribution in [-0.4, -0.2) is 14.8 Å². The Labute approximate surface area is 106 Å². The lowest BCUT2D eigenvalue weighted by molar-refractivity contribution is -0.391. The number of rotatable bonds is 4. The summed E-state index contributed by atoms with van der Waals surface area (Å²) in [6, 6.07) is 8.37. The van der Waals surface area contributed by atoms with Crippen molar-refractivity contribution in [3.8, 4) is 11.5 Å². The first kappa shape index (κ1) is 12.4. The summed E-state index contributed by atoms with van der Waals surface area (Å²) < 4.78 is 5.22. The molecule has 2 aromatic rings. The first-order valence-electron chi connectivity index (χ1n) is 5.10. The molecule has 8 nitrogen and oxygen atoms in total. The lowest BCUT2D eigenvalue weighted by Crippen LogP contribution is -1.97. The second-order valence-electron chi connectivity index (χ2n) is 3.41. The molecule has 0 fully saturated rings. The molecule has 0 unspecified atom stereocenters. The van der Waals surface area contributed by atoms with Gasteiger partial charge in [0.1, 0.15) is 6.20 Å². The fourth-order valence-electron chi connectivity index (χ4n) is 1.41. The van der Waals surface area contributed by atoms with Gasteiger partial charge in [0.05, 0.1) is 4.92 Å². The predicted octanol–water partition coefficient (Wildman–Crippen LogP) is 2.69. The van der Waals surface area contributed by atoms with Crippen molar-refractivity contribution in [2.75, 3.05) is 0 Å². The molecule has 1 aromatic carbocycles. The van der Waals surface area contributed by atoms with Gasteiger partial charge in [-0.2, -0.15) is 0 Å². The third-order valence-electron chi connectivity index (χ3n) is 2.21. The van der Waals surface area contributed by atoms with E-state index in [0.29, 0.717) is 0 Å². The number of nitrogens with zero attached hydrogens (tertiary/aromatic N) is 3. The van der Waals surface area contributed by atoms with E-state index in [1.807, 2.05) is 0 Å². The summed E-state index contributed by atoms with van der Waals surface area (Å²) in [6.07, 6.45) is 1.24. The van der Waals surface area contributed by atoms with Crippen LogP contribution in [0.4, 0.5) is 11.5 Å². The molecule has 2 rings (SSSR count). The van der Waals surface area contributed by atoms with E-state index < -0.39 is 15.7 Å². The Kier molecular flexibility index (Phi) is 3.33. The molecule has 19 heavy (non-hydrogen) atoms. The zero-order valence-electron chi connectivity index (χ0n) is 9.42. The zero-order valence-corrected chi connectivity index (χ0v) is 9.42. The quantitative estimate of drug-likeness (QED) is 0.618. The smallest absolute Gasteiger partial charge is 0.406 e. The van der Waals surface area contributed by atoms with Crippen molar-refractivity contribution in [3.63, 3.8) is 0 Å². The number of hydrogen-bond acceptors (Lipinski definition) is 6. The summed E-state index contributed by atoms with van der Waals surface area (Å²) in [5.41, 5.74) is -0.277. The van der Waals surface area contributed by atoms with Crippen molar-refractivity contribution in [3.05, 3.63) is 62.8 Å². The summed E-state index contributed by atoms with van der Waals surface area (Å²) in [5, 5.41) is 21.6. The number of hydrogen-bond donors (Lipinski definition) is 0. The lowest BCUT2D eigenvalue weighted by Gasteiger charge is -2.05. The van der Waals surface area contributed by atoms with E-state index in [-0.39, 0.29) is 17.2 Å². The van der Waals surface area contributed by atoms with Gasteiger partial charge in [-0.3, -0.25) is 10.1 Å². The van der Waals surface area contributed by atoms with Crippen LogP contribution in [0, 0.1) is 20.2 Å². The lowest BCUT2D eigenvalue weighted by atomic mass is 10.3. The molecule has 8 heteroatoms. The van der Waals surface area contributed by atoms with Crippen LogP contribution in [0.3, 0.4) is 0 Å². The van der Waals surface area contributed by atoms with Gasteiger partial charge in [0, 0.05) is 6.07 Å². The standard InChI is InChI=1S/C11H7N3O5/c15-13(16)8-4-1-2-5-9(8)19-10-6-3-7-12-11(10)14(17)18/h1-7H. The van der Waals surface area contributed by atoms with E-state index in [4.69, 9.17) is 4.74 Å². The predicted molar refractivity (Wildman–Crippen MR) is 64.1 cm³/mol. The number of nitro groups is 2. The molecule has 96 valence electrons. The van der Waals surface area contributed by atoms with Crippen LogP contribution in [0.1, 0.15) is 0 Å². The van der Waals surface area contributed by atoms with E-state index in [1.165, 1.54) is 42.6 Å². The minimum Gasteiger partial charge on any atom is -0.441 e. The van der Waals surface area contributed by atoms with Crippen LogP contribution in [0.5, 0.6) is 11.5 Å². The Morgan fingerprint density at radius 2 is 1.63 bits per heavy atom. The zero-order chi connectivity index (χ0) is 13.8. The molecule has 0 bridgehead atoms. The Hall–Kier alpha value is -3.03. The van der Waals surface area contributed by atoms with Crippen molar-refractivity contribution >= 4 is 11.5 Å². The van der Waals surface area contributed by atoms with Crippen molar-refractivity contribution in [2.45, 2.75) is 0 Å². The number of nitro benzene ring substituents is 1. The molecular formula is C11H7N3O5. The molecule has 0 N–H and O–H groups in total. The van der Waals surface area contributed by atoms with Crippen molar-refractivity contribution < 1.29 is 14.6 Å². The molecule has 0 atom stereocenters. The normalized spacial score (nSPS) is 9.89. The van der Waals surface area contributed by atoms with Gasteiger partial charge in [-0.05, 0) is 28.1 Å². The minimum atomic E-state index is -0.718. The fraction of sp³-hybridized carbons (Fsp3) is 0. The molecule has 0 radical (unpaired) electrons. The van der Waals surface area contributed by atoms with Gasteiger partial charge >= 0.3 is 11.5 Å². The Balaban J connectivity index is 2.42. The van der Waals surface area contributed by atoms with Crippen LogP contribution >= 0.6 is 0 Å². The van der Waals surface area contributed by atoms with Crippen LogP contribution < -0.4 is 4.74 Å². The topological polar surface area (TPSA) is 108 Å². The highest BCUT2D eigenvalue weighted by molar-refractivity contribution is 5.50. The molecule has 0 saturated heterocycles. The average Bonchev–Trinajstić information content (AvgIpc) is 2.39. The van der Waals surface area contributed by atoms with Gasteiger partial charge in [0.2, 0.25) is 11.5 Å². The summed E-state index contributed by atoms with van der Waals surface area (Å²) in [7, 11) is 0. The van der Waals surface area contributed by atoms with Crippen LogP contribution in [0.25, 0.3) is 0 Å². The average molecular weight is 261 g/mol. The summed E-state index contributed by atoms with van der Waals surface area (Å²) >= 11 is 0. The molecule has 0 aliphatic carbocycles. The SMILES string of the molecule is O=[N+]([O-])c1ccccc1Oc1cccnc1[N+](=O)[O-]. The van der Waals surface area contributed by atoms with E-state index in [2.05, 4.69) is 4.98 Å². The summed E-state index contributed by atoms with van der Waals surface area (Å²) in [6.45, 7) is 0. The molecule has 0 aliphatic heterocycles. The Morgan fingerprint density at radius 3 is 2.32 bits per heavy atom. The number of para-hydroxylation sites is 2. The largest absolute Gasteiger partial charge is 0.441 e. The molecule has 1 heterocycles. The second-order valence-corrected chi connectivity index (χ2v) is 3.41. The molecule has 0 aliphatic rings. The molecule has 0 saturated carbocycles. The first-order valence-corrected chi connectivity index (χ1v) is 5.10. The van der Waals surface area contributed by atoms with Crippen LogP contribution in [-0.2, 0) is 0 Å². The van der Waals surface area contributed by atoms with Gasteiger partial charge in [0.15, 0.2) is 0 Å². The molecule has 0 spiro atoms. The maximum Gasteiger partial charge on any atom is 0.406 e. The minimum absolute atomic E-state index is 0.0800. The van der Waals surface area contributed by atoms with Gasteiger partial charge in [0.25, 0.3) is 0 Å². The van der Waals surface area contributed by atoms with Crippen molar-refractivity contribution in [1.82, 2.24) is 4.98 Å². The molecular weight excluding hydrogens is 254 g/mol. The van der Waals surface area contributed by atoms with E-state index in [0.717, 1.165) is 0 Å². The van der Waals surface area contributed by atoms with E-state index in [1.54, 1.807) is 0 Å². The second kappa shape index (κ2) is 5.08. The van der Waals surface area contributed by atoms with Crippen molar-refractivity contribution in [1.29, 1.82) is 0 Å². The van der Waals surface area contributed by atoms with E-state index >= 15 is 0 Å². The summed E-state index contributed by atoms with van der Waals surface area (Å²) in [4.78, 5) is 23.8. The van der Waals surface area contributed by atoms with Gasteiger partial charge in [-0.25, -0.2) is 0 Å². The monoisotopic (exact) mass is 261 g/mol. The highest BCUT2D eigenvalue weighted by Gasteiger charge is 2.20. The van der Waals surface area contributed by atoms with Gasteiger partial charge < -0.3 is 14.9 Å². The maximum absolute atomic E-state index is 10.8. The molecule has 1 aromatic heterocycles. The Morgan fingerprint density at radius 1 is 0.947 bits per heavy atom. The number of benzene rings is 1. The molecule has 0 amide bonds. The third-order valence-corrected chi connectivity index (χ3v) is 2.21. The van der Waals surface area contributed by atoms with Crippen molar-refractivity contribution in [2.24, 2.45) is 0 Å². The van der Waals surface area contributed by atoms with E-state index in [9.17, 15) is 20.2 Å². The maximum atomic E-state index is 10.8. The third kappa shape index (κ3) is 2.63. The van der Waals surface area contributed by atoms with Crippen LogP contribution in [0.15, 0.2) is 42.6 Å². The highest BCUT2D eigenvalue weighted by Crippen LogP contribution is 2.34. The highest BCUT2D eigenvalue weighted by atomic mass is 16.6. The fourth-order valence-corrected chi connectivity index (χ4v) is 1.41.